The van der Waals surface area contributed by atoms with Gasteiger partial charge in [-0.05, 0) is 30.7 Å². The number of thiocarbonyl (C=S) groups is 1. The van der Waals surface area contributed by atoms with Gasteiger partial charge in [-0.2, -0.15) is 0 Å². The van der Waals surface area contributed by atoms with Crippen LogP contribution in [0.2, 0.25) is 0 Å². The number of nitrogens with zero attached hydrogens (tertiary/aromatic N) is 2. The number of rotatable bonds is 2. The number of anilines is 2. The van der Waals surface area contributed by atoms with Gasteiger partial charge in [-0.1, -0.05) is 48.2 Å². The van der Waals surface area contributed by atoms with E-state index >= 15 is 0 Å². The molecule has 9 heteroatoms. The van der Waals surface area contributed by atoms with Gasteiger partial charge in [-0.15, -0.1) is 0 Å². The van der Waals surface area contributed by atoms with Crippen LogP contribution in [0.4, 0.5) is 11.4 Å². The van der Waals surface area contributed by atoms with Crippen molar-refractivity contribution in [3.63, 3.8) is 0 Å². The highest BCUT2D eigenvalue weighted by atomic mass is 32.2. The summed E-state index contributed by atoms with van der Waals surface area (Å²) in [5.74, 6) is -2.70. The van der Waals surface area contributed by atoms with E-state index in [4.69, 9.17) is 12.2 Å². The van der Waals surface area contributed by atoms with Crippen LogP contribution in [0.5, 0.6) is 0 Å². The Kier molecular flexibility index (Phi) is 4.79. The number of fused-ring (bicyclic) bond motifs is 1. The molecule has 30 heavy (non-hydrogen) atoms. The zero-order chi connectivity index (χ0) is 21.7. The monoisotopic (exact) mass is 438 g/mol. The molecule has 2 aromatic carbocycles. The summed E-state index contributed by atoms with van der Waals surface area (Å²) in [5, 5.41) is 9.29. The third-order valence-electron chi connectivity index (χ3n) is 4.84. The highest BCUT2D eigenvalue weighted by Crippen LogP contribution is 2.46. The lowest BCUT2D eigenvalue weighted by Gasteiger charge is -2.18. The molecule has 3 amide bonds. The standard InChI is InChI=1S/C21H14N2O5S2/c1-10-7-8-12(20(27)28)9-15(10)23-19(26)17(30-21(23)29)16-13-5-3-4-6-14(13)22(11(2)24)18(16)25/h3-9H,1-2H3,(H,27,28). The second-order valence-corrected chi connectivity index (χ2v) is 8.34. The van der Waals surface area contributed by atoms with Gasteiger partial charge in [0.25, 0.3) is 11.8 Å². The minimum absolute atomic E-state index is 0.0161. The van der Waals surface area contributed by atoms with Gasteiger partial charge in [0, 0.05) is 12.5 Å². The van der Waals surface area contributed by atoms with E-state index in [1.54, 1.807) is 37.3 Å². The molecular formula is C21H14N2O5S2. The predicted octanol–water partition coefficient (Wildman–Crippen LogP) is 3.36. The first kappa shape index (κ1) is 20.0. The van der Waals surface area contributed by atoms with Gasteiger partial charge < -0.3 is 5.11 Å². The number of carbonyl (C=O) groups excluding carboxylic acids is 3. The second-order valence-electron chi connectivity index (χ2n) is 6.70. The minimum Gasteiger partial charge on any atom is -0.478 e. The number of carboxylic acids is 1. The first-order chi connectivity index (χ1) is 14.2. The molecule has 0 aromatic heterocycles. The molecule has 0 unspecified atom stereocenters. The Morgan fingerprint density at radius 3 is 2.40 bits per heavy atom. The maximum Gasteiger partial charge on any atom is 0.335 e. The number of amides is 3. The van der Waals surface area contributed by atoms with E-state index in [9.17, 15) is 24.3 Å². The number of thioether (sulfide) groups is 1. The van der Waals surface area contributed by atoms with E-state index in [1.165, 1.54) is 24.0 Å². The number of hydrogen-bond donors (Lipinski definition) is 1. The number of aromatic carboxylic acids is 1. The summed E-state index contributed by atoms with van der Waals surface area (Å²) >= 11 is 6.35. The molecule has 0 radical (unpaired) electrons. The summed E-state index contributed by atoms with van der Waals surface area (Å²) in [7, 11) is 0. The SMILES string of the molecule is CC(=O)N1C(=O)C(=C2SC(=S)N(c3cc(C(=O)O)ccc3C)C2=O)c2ccccc21. The number of aryl methyl sites for hydroxylation is 1. The number of hydrogen-bond acceptors (Lipinski definition) is 6. The molecule has 2 heterocycles. The van der Waals surface area contributed by atoms with Crippen molar-refractivity contribution < 1.29 is 24.3 Å². The molecule has 2 aliphatic heterocycles. The maximum atomic E-state index is 13.3. The molecule has 2 aliphatic rings. The molecule has 1 fully saturated rings. The number of para-hydroxylation sites is 1. The largest absolute Gasteiger partial charge is 0.478 e. The molecule has 0 aliphatic carbocycles. The van der Waals surface area contributed by atoms with Gasteiger partial charge >= 0.3 is 5.97 Å². The quantitative estimate of drug-likeness (QED) is 0.567. The molecule has 0 bridgehead atoms. The Morgan fingerprint density at radius 2 is 1.73 bits per heavy atom. The first-order valence-electron chi connectivity index (χ1n) is 8.81. The summed E-state index contributed by atoms with van der Waals surface area (Å²) in [6.07, 6.45) is 0. The van der Waals surface area contributed by atoms with Crippen molar-refractivity contribution in [3.05, 3.63) is 64.1 Å². The van der Waals surface area contributed by atoms with Crippen LogP contribution in [-0.4, -0.2) is 33.1 Å². The van der Waals surface area contributed by atoms with Crippen LogP contribution in [0, 0.1) is 6.92 Å². The fourth-order valence-electron chi connectivity index (χ4n) is 3.46. The van der Waals surface area contributed by atoms with Gasteiger partial charge in [0.15, 0.2) is 4.32 Å². The Hall–Kier alpha value is -3.30. The van der Waals surface area contributed by atoms with Crippen molar-refractivity contribution in [1.29, 1.82) is 0 Å². The number of benzene rings is 2. The van der Waals surface area contributed by atoms with Crippen molar-refractivity contribution >= 4 is 68.9 Å². The molecule has 7 nitrogen and oxygen atoms in total. The predicted molar refractivity (Wildman–Crippen MR) is 117 cm³/mol. The van der Waals surface area contributed by atoms with E-state index in [1.807, 2.05) is 0 Å². The second kappa shape index (κ2) is 7.19. The van der Waals surface area contributed by atoms with E-state index in [0.717, 1.165) is 16.7 Å². The molecule has 0 saturated carbocycles. The number of carbonyl (C=O) groups is 4. The van der Waals surface area contributed by atoms with Crippen LogP contribution >= 0.6 is 24.0 Å². The lowest BCUT2D eigenvalue weighted by molar-refractivity contribution is -0.122. The van der Waals surface area contributed by atoms with Crippen LogP contribution in [0.25, 0.3) is 5.57 Å². The molecule has 4 rings (SSSR count). The molecule has 150 valence electrons. The molecule has 1 N–H and O–H groups in total. The van der Waals surface area contributed by atoms with Gasteiger partial charge in [-0.25, -0.2) is 9.69 Å². The Bertz CT molecular complexity index is 1220. The van der Waals surface area contributed by atoms with Crippen molar-refractivity contribution in [2.75, 3.05) is 9.80 Å². The summed E-state index contributed by atoms with van der Waals surface area (Å²) in [4.78, 5) is 52.2. The van der Waals surface area contributed by atoms with Crippen LogP contribution in [0.15, 0.2) is 47.4 Å². The third-order valence-corrected chi connectivity index (χ3v) is 6.21. The average Bonchev–Trinajstić information content (AvgIpc) is 3.14. The van der Waals surface area contributed by atoms with Gasteiger partial charge in [0.1, 0.15) is 0 Å². The van der Waals surface area contributed by atoms with Crippen molar-refractivity contribution in [1.82, 2.24) is 0 Å². The normalized spacial score (nSPS) is 18.3. The van der Waals surface area contributed by atoms with E-state index in [-0.39, 0.29) is 20.4 Å². The van der Waals surface area contributed by atoms with Gasteiger partial charge in [-0.3, -0.25) is 19.3 Å². The Balaban J connectivity index is 1.87. The highest BCUT2D eigenvalue weighted by Gasteiger charge is 2.43. The highest BCUT2D eigenvalue weighted by molar-refractivity contribution is 8.27. The number of imide groups is 1. The molecular weight excluding hydrogens is 424 g/mol. The molecule has 2 aromatic rings. The third kappa shape index (κ3) is 2.94. The Labute approximate surface area is 181 Å². The summed E-state index contributed by atoms with van der Waals surface area (Å²) in [6, 6.07) is 11.2. The lowest BCUT2D eigenvalue weighted by Crippen LogP contribution is -2.32. The average molecular weight is 438 g/mol. The van der Waals surface area contributed by atoms with E-state index < -0.39 is 23.7 Å². The fourth-order valence-corrected chi connectivity index (χ4v) is 4.81. The van der Waals surface area contributed by atoms with Crippen molar-refractivity contribution in [2.24, 2.45) is 0 Å². The zero-order valence-electron chi connectivity index (χ0n) is 15.8. The van der Waals surface area contributed by atoms with Gasteiger partial charge in [0.05, 0.1) is 27.4 Å². The first-order valence-corrected chi connectivity index (χ1v) is 10.0. The molecule has 1 saturated heterocycles. The number of carboxylic acid groups (broad SMARTS) is 1. The van der Waals surface area contributed by atoms with Crippen molar-refractivity contribution in [2.45, 2.75) is 13.8 Å². The summed E-state index contributed by atoms with van der Waals surface area (Å²) in [5.41, 5.74) is 2.03. The molecule has 0 spiro atoms. The minimum atomic E-state index is -1.13. The van der Waals surface area contributed by atoms with Crippen LogP contribution in [-0.2, 0) is 14.4 Å². The van der Waals surface area contributed by atoms with E-state index in [2.05, 4.69) is 0 Å². The fraction of sp³-hybridized carbons (Fsp3) is 0.0952. The Morgan fingerprint density at radius 1 is 1.03 bits per heavy atom. The van der Waals surface area contributed by atoms with Gasteiger partial charge in [0.2, 0.25) is 5.91 Å². The van der Waals surface area contributed by atoms with Crippen LogP contribution < -0.4 is 9.80 Å². The maximum absolute atomic E-state index is 13.3. The van der Waals surface area contributed by atoms with Crippen molar-refractivity contribution in [3.8, 4) is 0 Å². The van der Waals surface area contributed by atoms with E-state index in [0.29, 0.717) is 22.5 Å². The summed E-state index contributed by atoms with van der Waals surface area (Å²) in [6.45, 7) is 3.02. The van der Waals surface area contributed by atoms with Crippen LogP contribution in [0.3, 0.4) is 0 Å². The lowest BCUT2D eigenvalue weighted by atomic mass is 10.1. The summed E-state index contributed by atoms with van der Waals surface area (Å²) < 4.78 is 0.180. The molecule has 0 atom stereocenters. The zero-order valence-corrected chi connectivity index (χ0v) is 17.5. The van der Waals surface area contributed by atoms with Crippen LogP contribution in [0.1, 0.15) is 28.4 Å². The smallest absolute Gasteiger partial charge is 0.335 e. The topological polar surface area (TPSA) is 95.0 Å².